The van der Waals surface area contributed by atoms with Crippen LogP contribution in [0.2, 0.25) is 0 Å². The van der Waals surface area contributed by atoms with Gasteiger partial charge >= 0.3 is 0 Å². The van der Waals surface area contributed by atoms with Crippen LogP contribution in [-0.4, -0.2) is 0 Å². The summed E-state index contributed by atoms with van der Waals surface area (Å²) in [4.78, 5) is 0. The van der Waals surface area contributed by atoms with Gasteiger partial charge in [0, 0.05) is 5.92 Å². The second kappa shape index (κ2) is 6.53. The molecule has 27 heavy (non-hydrogen) atoms. The van der Waals surface area contributed by atoms with Gasteiger partial charge < -0.3 is 0 Å². The molecule has 1 radical (unpaired) electrons. The van der Waals surface area contributed by atoms with Gasteiger partial charge in [-0.1, -0.05) is 97.1 Å². The maximum Gasteiger partial charge on any atom is 0.107 e. The van der Waals surface area contributed by atoms with Gasteiger partial charge in [-0.05, 0) is 44.2 Å². The minimum absolute atomic E-state index is 0.179. The molecule has 1 unspecified atom stereocenters. The number of rotatable bonds is 3. The second-order valence-electron chi connectivity index (χ2n) is 7.06. The average Bonchev–Trinajstić information content (AvgIpc) is 3.17. The van der Waals surface area contributed by atoms with Crippen LogP contribution in [0, 0.1) is 0 Å². The number of benzene rings is 4. The molecule has 0 amide bonds. The van der Waals surface area contributed by atoms with E-state index in [1.54, 1.807) is 0 Å². The maximum absolute atomic E-state index is 11.2. The minimum Gasteiger partial charge on any atom is -0.232 e. The predicted molar refractivity (Wildman–Crippen MR) is 111 cm³/mol. The van der Waals surface area contributed by atoms with Crippen molar-refractivity contribution in [1.29, 1.82) is 0 Å². The lowest BCUT2D eigenvalue weighted by atomic mass is 9.84. The highest BCUT2D eigenvalue weighted by Gasteiger charge is 2.22. The van der Waals surface area contributed by atoms with Crippen molar-refractivity contribution >= 4 is 16.8 Å². The van der Waals surface area contributed by atoms with Crippen LogP contribution in [-0.2, 0) is 11.7 Å². The minimum atomic E-state index is -0.179. The molecule has 0 fully saturated rings. The van der Waals surface area contributed by atoms with E-state index in [0.29, 0.717) is 0 Å². The summed E-state index contributed by atoms with van der Waals surface area (Å²) >= 11 is 0. The molecule has 0 spiro atoms. The molecule has 0 N–H and O–H groups in total. The molecule has 1 atom stereocenters. The van der Waals surface area contributed by atoms with Gasteiger partial charge in [0.05, 0.1) is 0 Å². The molecule has 1 nitrogen and oxygen atoms in total. The normalized spacial score (nSPS) is 15.2. The maximum atomic E-state index is 11.2. The summed E-state index contributed by atoms with van der Waals surface area (Å²) in [6.07, 6.45) is 4.52. The Kier molecular flexibility index (Phi) is 3.88. The summed E-state index contributed by atoms with van der Waals surface area (Å²) in [6.45, 7) is -0.179. The fourth-order valence-electron chi connectivity index (χ4n) is 4.16. The van der Waals surface area contributed by atoms with E-state index in [9.17, 15) is 5.11 Å². The van der Waals surface area contributed by atoms with Gasteiger partial charge in [0.15, 0.2) is 0 Å². The zero-order chi connectivity index (χ0) is 18.2. The molecule has 4 aromatic rings. The lowest BCUT2D eigenvalue weighted by molar-refractivity contribution is 0.177. The topological polar surface area (TPSA) is 19.9 Å². The highest BCUT2D eigenvalue weighted by Crippen LogP contribution is 2.42. The molecule has 5 rings (SSSR count). The SMILES string of the molecule is [O]Cc1ccc(-c2c(C3C=Cc4ccccc43)ccc3ccccc23)cc1. The van der Waals surface area contributed by atoms with Crippen molar-refractivity contribution in [2.75, 3.05) is 0 Å². The molecule has 1 aliphatic carbocycles. The van der Waals surface area contributed by atoms with Crippen molar-refractivity contribution < 1.29 is 5.11 Å². The fraction of sp³-hybridized carbons (Fsp3) is 0.0769. The van der Waals surface area contributed by atoms with E-state index in [1.807, 2.05) is 12.1 Å². The molecule has 1 aliphatic rings. The summed E-state index contributed by atoms with van der Waals surface area (Å²) in [5.74, 6) is 0.250. The van der Waals surface area contributed by atoms with Gasteiger partial charge in [0.25, 0.3) is 0 Å². The Balaban J connectivity index is 1.77. The van der Waals surface area contributed by atoms with Crippen LogP contribution in [0.1, 0.15) is 28.2 Å². The van der Waals surface area contributed by atoms with Crippen molar-refractivity contribution in [3.05, 3.63) is 113 Å². The zero-order valence-corrected chi connectivity index (χ0v) is 14.9. The number of hydrogen-bond donors (Lipinski definition) is 0. The molecule has 4 aromatic carbocycles. The average molecular weight is 347 g/mol. The molecule has 0 aliphatic heterocycles. The van der Waals surface area contributed by atoms with Crippen LogP contribution < -0.4 is 0 Å². The molecule has 1 heteroatoms. The van der Waals surface area contributed by atoms with Gasteiger partial charge in [-0.15, -0.1) is 0 Å². The molecule has 129 valence electrons. The van der Waals surface area contributed by atoms with Crippen molar-refractivity contribution in [2.24, 2.45) is 0 Å². The molecular weight excluding hydrogens is 328 g/mol. The first-order valence-electron chi connectivity index (χ1n) is 9.31. The summed E-state index contributed by atoms with van der Waals surface area (Å²) < 4.78 is 0. The fourth-order valence-corrected chi connectivity index (χ4v) is 4.16. The van der Waals surface area contributed by atoms with E-state index in [1.165, 1.54) is 33.0 Å². The first-order valence-corrected chi connectivity index (χ1v) is 9.31. The number of hydrogen-bond acceptors (Lipinski definition) is 0. The molecule has 0 bridgehead atoms. The summed E-state index contributed by atoms with van der Waals surface area (Å²) in [6, 6.07) is 29.7. The van der Waals surface area contributed by atoms with E-state index in [4.69, 9.17) is 0 Å². The Bertz CT molecular complexity index is 1150. The van der Waals surface area contributed by atoms with E-state index in [2.05, 4.69) is 84.9 Å². The Hall–Kier alpha value is -3.16. The molecule has 0 heterocycles. The number of fused-ring (bicyclic) bond motifs is 2. The van der Waals surface area contributed by atoms with Crippen LogP contribution in [0.4, 0.5) is 0 Å². The van der Waals surface area contributed by atoms with Gasteiger partial charge in [0.2, 0.25) is 0 Å². The van der Waals surface area contributed by atoms with Crippen molar-refractivity contribution in [3.8, 4) is 11.1 Å². The van der Waals surface area contributed by atoms with E-state index >= 15 is 0 Å². The predicted octanol–water partition coefficient (Wildman–Crippen LogP) is 6.60. The Morgan fingerprint density at radius 2 is 1.48 bits per heavy atom. The van der Waals surface area contributed by atoms with E-state index in [0.717, 1.165) is 11.1 Å². The highest BCUT2D eigenvalue weighted by atomic mass is 16.3. The van der Waals surface area contributed by atoms with Gasteiger partial charge in [-0.3, -0.25) is 0 Å². The summed E-state index contributed by atoms with van der Waals surface area (Å²) in [5, 5.41) is 13.7. The van der Waals surface area contributed by atoms with Crippen LogP contribution in [0.25, 0.3) is 28.0 Å². The van der Waals surface area contributed by atoms with Gasteiger partial charge in [-0.2, -0.15) is 0 Å². The Morgan fingerprint density at radius 1 is 0.704 bits per heavy atom. The van der Waals surface area contributed by atoms with E-state index in [-0.39, 0.29) is 12.5 Å². The first-order chi connectivity index (χ1) is 13.3. The van der Waals surface area contributed by atoms with Gasteiger partial charge in [0.1, 0.15) is 6.61 Å². The van der Waals surface area contributed by atoms with Crippen LogP contribution in [0.5, 0.6) is 0 Å². The largest absolute Gasteiger partial charge is 0.232 e. The summed E-state index contributed by atoms with van der Waals surface area (Å²) in [5.41, 5.74) is 7.21. The Labute approximate surface area is 159 Å². The molecule has 0 saturated heterocycles. The van der Waals surface area contributed by atoms with Crippen LogP contribution >= 0.6 is 0 Å². The van der Waals surface area contributed by atoms with Gasteiger partial charge in [-0.25, -0.2) is 5.11 Å². The monoisotopic (exact) mass is 347 g/mol. The third-order valence-corrected chi connectivity index (χ3v) is 5.50. The highest BCUT2D eigenvalue weighted by molar-refractivity contribution is 5.99. The molecule has 0 saturated carbocycles. The second-order valence-corrected chi connectivity index (χ2v) is 7.06. The smallest absolute Gasteiger partial charge is 0.107 e. The first kappa shape index (κ1) is 16.0. The molecular formula is C26H19O. The number of allylic oxidation sites excluding steroid dienone is 1. The van der Waals surface area contributed by atoms with Crippen LogP contribution in [0.15, 0.2) is 91.0 Å². The summed E-state index contributed by atoms with van der Waals surface area (Å²) in [7, 11) is 0. The standard InChI is InChI=1S/C26H19O/c27-17-18-9-11-21(12-10-18)26-23-8-4-2-6-20(23)14-16-25(26)24-15-13-19-5-1-3-7-22(19)24/h1-16,24H,17H2. The molecule has 0 aromatic heterocycles. The third-order valence-electron chi connectivity index (χ3n) is 5.50. The van der Waals surface area contributed by atoms with Crippen molar-refractivity contribution in [1.82, 2.24) is 0 Å². The van der Waals surface area contributed by atoms with E-state index < -0.39 is 0 Å². The van der Waals surface area contributed by atoms with Crippen molar-refractivity contribution in [2.45, 2.75) is 12.5 Å². The van der Waals surface area contributed by atoms with Crippen LogP contribution in [0.3, 0.4) is 0 Å². The quantitative estimate of drug-likeness (QED) is 0.398. The lowest BCUT2D eigenvalue weighted by Crippen LogP contribution is -2.00. The third kappa shape index (κ3) is 2.68. The van der Waals surface area contributed by atoms with Crippen molar-refractivity contribution in [3.63, 3.8) is 0 Å². The Morgan fingerprint density at radius 3 is 2.33 bits per heavy atom. The zero-order valence-electron chi connectivity index (χ0n) is 14.9. The lowest BCUT2D eigenvalue weighted by Gasteiger charge is -2.19.